The third kappa shape index (κ3) is 4.52. The lowest BCUT2D eigenvalue weighted by atomic mass is 10.2. The van der Waals surface area contributed by atoms with Gasteiger partial charge in [0, 0.05) is 23.6 Å². The van der Waals surface area contributed by atoms with E-state index >= 15 is 0 Å². The van der Waals surface area contributed by atoms with E-state index in [1.807, 2.05) is 77.6 Å². The van der Waals surface area contributed by atoms with Crippen LogP contribution in [0.5, 0.6) is 5.75 Å². The molecule has 2 aromatic carbocycles. The van der Waals surface area contributed by atoms with Crippen LogP contribution in [0.1, 0.15) is 16.2 Å². The van der Waals surface area contributed by atoms with E-state index in [2.05, 4.69) is 15.3 Å². The summed E-state index contributed by atoms with van der Waals surface area (Å²) < 4.78 is 7.65. The van der Waals surface area contributed by atoms with Crippen molar-refractivity contribution in [3.63, 3.8) is 0 Å². The van der Waals surface area contributed by atoms with Gasteiger partial charge in [0.25, 0.3) is 5.91 Å². The molecule has 30 heavy (non-hydrogen) atoms. The van der Waals surface area contributed by atoms with E-state index in [-0.39, 0.29) is 5.91 Å². The van der Waals surface area contributed by atoms with Gasteiger partial charge in [-0.25, -0.2) is 4.98 Å². The highest BCUT2D eigenvalue weighted by Gasteiger charge is 2.18. The molecule has 0 aliphatic heterocycles. The number of pyridine rings is 1. The Labute approximate surface area is 179 Å². The maximum Gasteiger partial charge on any atom is 0.274 e. The minimum absolute atomic E-state index is 0.242. The Morgan fingerprint density at radius 2 is 1.87 bits per heavy atom. The second kappa shape index (κ2) is 9.28. The molecule has 0 radical (unpaired) electrons. The van der Waals surface area contributed by atoms with Gasteiger partial charge in [-0.1, -0.05) is 42.1 Å². The number of hydrogen-bond acceptors (Lipinski definition) is 5. The highest BCUT2D eigenvalue weighted by Crippen LogP contribution is 2.23. The van der Waals surface area contributed by atoms with Crippen molar-refractivity contribution in [2.24, 2.45) is 0 Å². The maximum absolute atomic E-state index is 13.0. The van der Waals surface area contributed by atoms with E-state index in [4.69, 9.17) is 4.74 Å². The van der Waals surface area contributed by atoms with Gasteiger partial charge in [-0.05, 0) is 42.7 Å². The number of thioether (sulfide) groups is 1. The molecule has 4 aromatic rings. The zero-order chi connectivity index (χ0) is 20.8. The van der Waals surface area contributed by atoms with E-state index in [9.17, 15) is 4.79 Å². The average molecular weight is 417 g/mol. The Kier molecular flexibility index (Phi) is 6.10. The molecule has 0 aliphatic rings. The van der Waals surface area contributed by atoms with Crippen LogP contribution in [-0.4, -0.2) is 26.7 Å². The van der Waals surface area contributed by atoms with Gasteiger partial charge in [0.2, 0.25) is 0 Å². The fourth-order valence-corrected chi connectivity index (χ4v) is 3.51. The Bertz CT molecular complexity index is 1130. The minimum Gasteiger partial charge on any atom is -0.487 e. The maximum atomic E-state index is 13.0. The second-order valence-electron chi connectivity index (χ2n) is 6.39. The number of carbonyl (C=O) groups is 1. The Hall–Kier alpha value is -3.58. The van der Waals surface area contributed by atoms with Gasteiger partial charge < -0.3 is 10.1 Å². The number of amides is 1. The van der Waals surface area contributed by atoms with Gasteiger partial charge in [0.05, 0.1) is 11.9 Å². The molecule has 0 aliphatic carbocycles. The van der Waals surface area contributed by atoms with E-state index in [1.54, 1.807) is 18.5 Å². The van der Waals surface area contributed by atoms with E-state index in [0.29, 0.717) is 23.7 Å². The van der Waals surface area contributed by atoms with E-state index in [0.717, 1.165) is 16.5 Å². The Balaban J connectivity index is 1.52. The first-order valence-corrected chi connectivity index (χ1v) is 10.6. The van der Waals surface area contributed by atoms with Crippen LogP contribution in [0.2, 0.25) is 0 Å². The summed E-state index contributed by atoms with van der Waals surface area (Å²) in [5.41, 5.74) is 2.83. The summed E-state index contributed by atoms with van der Waals surface area (Å²) in [6.45, 7) is 0.357. The summed E-state index contributed by atoms with van der Waals surface area (Å²) in [6.07, 6.45) is 5.26. The van der Waals surface area contributed by atoms with Gasteiger partial charge in [0.1, 0.15) is 18.1 Å². The van der Waals surface area contributed by atoms with E-state index in [1.165, 1.54) is 11.8 Å². The molecule has 7 heteroatoms. The lowest BCUT2D eigenvalue weighted by molar-refractivity contribution is 0.102. The van der Waals surface area contributed by atoms with Crippen LogP contribution >= 0.6 is 11.8 Å². The molecule has 0 atom stereocenters. The average Bonchev–Trinajstić information content (AvgIpc) is 3.24. The first-order chi connectivity index (χ1) is 14.7. The number of nitrogens with one attached hydrogen (secondary N) is 1. The second-order valence-corrected chi connectivity index (χ2v) is 7.17. The fraction of sp³-hybridized carbons (Fsp3) is 0.0870. The quantitative estimate of drug-likeness (QED) is 0.438. The number of rotatable bonds is 7. The number of benzene rings is 2. The fourth-order valence-electron chi connectivity index (χ4n) is 2.97. The molecule has 4 rings (SSSR count). The number of imidazole rings is 1. The van der Waals surface area contributed by atoms with Crippen LogP contribution < -0.4 is 10.1 Å². The van der Waals surface area contributed by atoms with Crippen LogP contribution in [0.15, 0.2) is 90.3 Å². The molecule has 150 valence electrons. The van der Waals surface area contributed by atoms with Crippen molar-refractivity contribution in [1.82, 2.24) is 14.5 Å². The molecule has 0 saturated carbocycles. The van der Waals surface area contributed by atoms with Gasteiger partial charge in [-0.2, -0.15) is 0 Å². The number of carbonyl (C=O) groups excluding carboxylic acids is 1. The van der Waals surface area contributed by atoms with Gasteiger partial charge in [-0.15, -0.1) is 0 Å². The number of anilines is 1. The Morgan fingerprint density at radius 1 is 1.03 bits per heavy atom. The van der Waals surface area contributed by atoms with Crippen molar-refractivity contribution in [2.75, 3.05) is 11.6 Å². The largest absolute Gasteiger partial charge is 0.487 e. The highest BCUT2D eigenvalue weighted by molar-refractivity contribution is 7.98. The summed E-state index contributed by atoms with van der Waals surface area (Å²) in [7, 11) is 0. The molecule has 0 unspecified atom stereocenters. The Morgan fingerprint density at radius 3 is 2.63 bits per heavy atom. The molecular formula is C23H20N4O2S. The summed E-state index contributed by atoms with van der Waals surface area (Å²) in [6, 6.07) is 22.7. The first-order valence-electron chi connectivity index (χ1n) is 9.36. The summed E-state index contributed by atoms with van der Waals surface area (Å²) in [5.74, 6) is 0.411. The normalized spacial score (nSPS) is 10.6. The molecule has 1 N–H and O–H groups in total. The van der Waals surface area contributed by atoms with Crippen molar-refractivity contribution in [3.05, 3.63) is 96.6 Å². The number of hydrogen-bond donors (Lipinski definition) is 1. The van der Waals surface area contributed by atoms with Crippen LogP contribution in [-0.2, 0) is 6.61 Å². The topological polar surface area (TPSA) is 69.0 Å². The van der Waals surface area contributed by atoms with Crippen LogP contribution in [0.3, 0.4) is 0 Å². The summed E-state index contributed by atoms with van der Waals surface area (Å²) in [5, 5.41) is 3.69. The van der Waals surface area contributed by atoms with Crippen molar-refractivity contribution >= 4 is 23.4 Å². The number of aromatic nitrogens is 3. The van der Waals surface area contributed by atoms with Gasteiger partial charge >= 0.3 is 0 Å². The SMILES string of the molecule is CSc1ncc(C(=O)Nc2cccc(OCc3ccccn3)c2)n1-c1ccccc1. The molecule has 0 fully saturated rings. The predicted octanol–water partition coefficient (Wildman–Crippen LogP) is 4.82. The van der Waals surface area contributed by atoms with Gasteiger partial charge in [-0.3, -0.25) is 14.3 Å². The molecule has 0 spiro atoms. The summed E-state index contributed by atoms with van der Waals surface area (Å²) in [4.78, 5) is 21.6. The van der Waals surface area contributed by atoms with Crippen LogP contribution in [0.4, 0.5) is 5.69 Å². The predicted molar refractivity (Wildman–Crippen MR) is 118 cm³/mol. The third-order valence-electron chi connectivity index (χ3n) is 4.36. The molecule has 2 heterocycles. The molecular weight excluding hydrogens is 396 g/mol. The van der Waals surface area contributed by atoms with Crippen molar-refractivity contribution in [3.8, 4) is 11.4 Å². The molecule has 2 aromatic heterocycles. The zero-order valence-corrected chi connectivity index (χ0v) is 17.2. The summed E-state index contributed by atoms with van der Waals surface area (Å²) >= 11 is 1.49. The minimum atomic E-state index is -0.242. The molecule has 1 amide bonds. The zero-order valence-electron chi connectivity index (χ0n) is 16.4. The monoisotopic (exact) mass is 416 g/mol. The first kappa shape index (κ1) is 19.7. The smallest absolute Gasteiger partial charge is 0.274 e. The number of nitrogens with zero attached hydrogens (tertiary/aromatic N) is 3. The molecule has 0 saturated heterocycles. The lowest BCUT2D eigenvalue weighted by Crippen LogP contribution is -2.16. The van der Waals surface area contributed by atoms with Gasteiger partial charge in [0.15, 0.2) is 5.16 Å². The number of para-hydroxylation sites is 1. The van der Waals surface area contributed by atoms with Crippen LogP contribution in [0.25, 0.3) is 5.69 Å². The number of ether oxygens (including phenoxy) is 1. The van der Waals surface area contributed by atoms with Crippen molar-refractivity contribution < 1.29 is 9.53 Å². The lowest BCUT2D eigenvalue weighted by Gasteiger charge is -2.12. The molecule has 6 nitrogen and oxygen atoms in total. The van der Waals surface area contributed by atoms with Crippen LogP contribution in [0, 0.1) is 0 Å². The van der Waals surface area contributed by atoms with Crippen molar-refractivity contribution in [1.29, 1.82) is 0 Å². The highest BCUT2D eigenvalue weighted by atomic mass is 32.2. The standard InChI is InChI=1S/C23H20N4O2S/c1-30-23-25-15-21(27(23)19-10-3-2-4-11-19)22(28)26-17-9-7-12-20(14-17)29-16-18-8-5-6-13-24-18/h2-15H,16H2,1H3,(H,26,28). The molecule has 0 bridgehead atoms. The van der Waals surface area contributed by atoms with Crippen molar-refractivity contribution in [2.45, 2.75) is 11.8 Å². The third-order valence-corrected chi connectivity index (χ3v) is 5.02. The van der Waals surface area contributed by atoms with E-state index < -0.39 is 0 Å².